The van der Waals surface area contributed by atoms with Crippen LogP contribution in [0.25, 0.3) is 21.9 Å². The molecule has 0 unspecified atom stereocenters. The fourth-order valence-electron chi connectivity index (χ4n) is 1.88. The molecule has 0 radical (unpaired) electrons. The molecule has 0 saturated heterocycles. The average molecular weight is 265 g/mol. The summed E-state index contributed by atoms with van der Waals surface area (Å²) in [5.41, 5.74) is -0.267. The third-order valence-corrected chi connectivity index (χ3v) is 2.90. The van der Waals surface area contributed by atoms with Crippen LogP contribution in [0, 0.1) is 5.82 Å². The molecule has 3 aromatic rings. The molecule has 3 rings (SSSR count). The lowest BCUT2D eigenvalue weighted by Crippen LogP contribution is -2.02. The molecule has 0 aliphatic heterocycles. The van der Waals surface area contributed by atoms with Gasteiger partial charge in [-0.1, -0.05) is 11.6 Å². The molecule has 0 amide bonds. The highest BCUT2D eigenvalue weighted by molar-refractivity contribution is 6.31. The highest BCUT2D eigenvalue weighted by Crippen LogP contribution is 2.29. The van der Waals surface area contributed by atoms with Gasteiger partial charge in [0.15, 0.2) is 11.3 Å². The number of aromatic hydroxyl groups is 1. The summed E-state index contributed by atoms with van der Waals surface area (Å²) in [7, 11) is 0. The molecule has 0 bridgehead atoms. The van der Waals surface area contributed by atoms with Crippen LogP contribution in [-0.2, 0) is 0 Å². The zero-order valence-electron chi connectivity index (χ0n) is 8.91. The van der Waals surface area contributed by atoms with E-state index in [0.717, 1.165) is 6.07 Å². The van der Waals surface area contributed by atoms with E-state index in [9.17, 15) is 14.3 Å². The number of fused-ring (bicyclic) bond motifs is 2. The van der Waals surface area contributed by atoms with Gasteiger partial charge in [0.1, 0.15) is 11.4 Å². The first kappa shape index (κ1) is 11.0. The Balaban J connectivity index is 2.61. The Morgan fingerprint density at radius 3 is 2.72 bits per heavy atom. The normalized spacial score (nSPS) is 11.2. The Kier molecular flexibility index (Phi) is 2.28. The summed E-state index contributed by atoms with van der Waals surface area (Å²) < 4.78 is 18.4. The smallest absolute Gasteiger partial charge is 0.200 e. The molecule has 0 saturated carbocycles. The first-order chi connectivity index (χ1) is 8.56. The van der Waals surface area contributed by atoms with Crippen molar-refractivity contribution in [3.8, 4) is 5.75 Å². The van der Waals surface area contributed by atoms with Crippen LogP contribution in [0.3, 0.4) is 0 Å². The quantitative estimate of drug-likeness (QED) is 0.633. The van der Waals surface area contributed by atoms with Crippen molar-refractivity contribution < 1.29 is 13.9 Å². The van der Waals surface area contributed by atoms with Crippen molar-refractivity contribution in [1.29, 1.82) is 0 Å². The van der Waals surface area contributed by atoms with Crippen molar-refractivity contribution in [2.24, 2.45) is 0 Å². The standard InChI is InChI=1S/C13H6ClFO3/c14-6-3-9-12(17)8-2-1-7(15)5-11(8)18-13(9)10(16)4-6/h1-5,16H. The van der Waals surface area contributed by atoms with Crippen molar-refractivity contribution in [1.82, 2.24) is 0 Å². The van der Waals surface area contributed by atoms with Gasteiger partial charge in [-0.3, -0.25) is 4.79 Å². The fourth-order valence-corrected chi connectivity index (χ4v) is 2.09. The van der Waals surface area contributed by atoms with E-state index >= 15 is 0 Å². The molecule has 1 heterocycles. The monoisotopic (exact) mass is 264 g/mol. The molecule has 3 nitrogen and oxygen atoms in total. The Morgan fingerprint density at radius 2 is 1.94 bits per heavy atom. The minimum atomic E-state index is -0.515. The lowest BCUT2D eigenvalue weighted by atomic mass is 10.1. The van der Waals surface area contributed by atoms with E-state index in [1.54, 1.807) is 0 Å². The van der Waals surface area contributed by atoms with Crippen LogP contribution in [0.2, 0.25) is 5.02 Å². The summed E-state index contributed by atoms with van der Waals surface area (Å²) >= 11 is 5.77. The Hall–Kier alpha value is -2.07. The second kappa shape index (κ2) is 3.71. The predicted molar refractivity (Wildman–Crippen MR) is 66.6 cm³/mol. The van der Waals surface area contributed by atoms with Crippen molar-refractivity contribution in [3.05, 3.63) is 51.4 Å². The van der Waals surface area contributed by atoms with Crippen molar-refractivity contribution >= 4 is 33.5 Å². The summed E-state index contributed by atoms with van der Waals surface area (Å²) in [6.07, 6.45) is 0. The van der Waals surface area contributed by atoms with Crippen LogP contribution in [0.15, 0.2) is 39.5 Å². The van der Waals surface area contributed by atoms with E-state index in [1.165, 1.54) is 24.3 Å². The molecule has 0 spiro atoms. The second-order valence-electron chi connectivity index (χ2n) is 3.87. The van der Waals surface area contributed by atoms with Crippen LogP contribution in [0.5, 0.6) is 5.75 Å². The highest BCUT2D eigenvalue weighted by atomic mass is 35.5. The number of phenolic OH excluding ortho intramolecular Hbond substituents is 1. The molecule has 2 aromatic carbocycles. The Morgan fingerprint density at radius 1 is 1.17 bits per heavy atom. The Bertz CT molecular complexity index is 839. The first-order valence-corrected chi connectivity index (χ1v) is 5.48. The lowest BCUT2D eigenvalue weighted by Gasteiger charge is -2.03. The van der Waals surface area contributed by atoms with Gasteiger partial charge in [0, 0.05) is 17.2 Å². The SMILES string of the molecule is O=c1c2ccc(F)cc2oc2c(O)cc(Cl)cc12. The summed E-state index contributed by atoms with van der Waals surface area (Å²) in [6.45, 7) is 0. The second-order valence-corrected chi connectivity index (χ2v) is 4.31. The average Bonchev–Trinajstić information content (AvgIpc) is 2.31. The van der Waals surface area contributed by atoms with E-state index in [1.807, 2.05) is 0 Å². The van der Waals surface area contributed by atoms with Gasteiger partial charge < -0.3 is 9.52 Å². The summed E-state index contributed by atoms with van der Waals surface area (Å²) in [5.74, 6) is -0.765. The van der Waals surface area contributed by atoms with Gasteiger partial charge in [-0.2, -0.15) is 0 Å². The molecule has 18 heavy (non-hydrogen) atoms. The van der Waals surface area contributed by atoms with E-state index in [-0.39, 0.29) is 38.1 Å². The number of hydrogen-bond donors (Lipinski definition) is 1. The van der Waals surface area contributed by atoms with Crippen LogP contribution >= 0.6 is 11.6 Å². The zero-order valence-corrected chi connectivity index (χ0v) is 9.66. The van der Waals surface area contributed by atoms with Gasteiger partial charge in [0.05, 0.1) is 10.8 Å². The Labute approximate surface area is 105 Å². The maximum Gasteiger partial charge on any atom is 0.200 e. The van der Waals surface area contributed by atoms with Gasteiger partial charge in [-0.25, -0.2) is 4.39 Å². The molecule has 1 N–H and O–H groups in total. The van der Waals surface area contributed by atoms with Crippen LogP contribution in [0.4, 0.5) is 4.39 Å². The zero-order chi connectivity index (χ0) is 12.9. The van der Waals surface area contributed by atoms with E-state index in [0.29, 0.717) is 0 Å². The molecule has 0 atom stereocenters. The predicted octanol–water partition coefficient (Wildman–Crippen LogP) is 3.44. The molecular formula is C13H6ClFO3. The van der Waals surface area contributed by atoms with E-state index < -0.39 is 5.82 Å². The number of phenols is 1. The molecule has 1 aromatic heterocycles. The molecular weight excluding hydrogens is 259 g/mol. The fraction of sp³-hybridized carbons (Fsp3) is 0. The number of rotatable bonds is 0. The molecule has 0 aliphatic carbocycles. The first-order valence-electron chi connectivity index (χ1n) is 5.11. The van der Waals surface area contributed by atoms with Gasteiger partial charge in [-0.05, 0) is 18.2 Å². The number of benzene rings is 2. The van der Waals surface area contributed by atoms with Crippen LogP contribution in [0.1, 0.15) is 0 Å². The molecule has 0 fully saturated rings. The van der Waals surface area contributed by atoms with Gasteiger partial charge in [-0.15, -0.1) is 0 Å². The third kappa shape index (κ3) is 1.54. The summed E-state index contributed by atoms with van der Waals surface area (Å²) in [6, 6.07) is 6.29. The number of hydrogen-bond acceptors (Lipinski definition) is 3. The van der Waals surface area contributed by atoms with Crippen LogP contribution in [-0.4, -0.2) is 5.11 Å². The summed E-state index contributed by atoms with van der Waals surface area (Å²) in [5, 5.41) is 10.3. The molecule has 90 valence electrons. The van der Waals surface area contributed by atoms with E-state index in [2.05, 4.69) is 0 Å². The summed E-state index contributed by atoms with van der Waals surface area (Å²) in [4.78, 5) is 12.2. The molecule has 5 heteroatoms. The highest BCUT2D eigenvalue weighted by Gasteiger charge is 2.12. The van der Waals surface area contributed by atoms with Crippen LogP contribution < -0.4 is 5.43 Å². The topological polar surface area (TPSA) is 50.4 Å². The number of halogens is 2. The van der Waals surface area contributed by atoms with Gasteiger partial charge in [0.2, 0.25) is 5.43 Å². The van der Waals surface area contributed by atoms with Crippen molar-refractivity contribution in [2.75, 3.05) is 0 Å². The van der Waals surface area contributed by atoms with Gasteiger partial charge >= 0.3 is 0 Å². The largest absolute Gasteiger partial charge is 0.504 e. The third-order valence-electron chi connectivity index (χ3n) is 2.68. The van der Waals surface area contributed by atoms with Crippen molar-refractivity contribution in [2.45, 2.75) is 0 Å². The molecule has 0 aliphatic rings. The van der Waals surface area contributed by atoms with E-state index in [4.69, 9.17) is 16.0 Å². The van der Waals surface area contributed by atoms with Gasteiger partial charge in [0.25, 0.3) is 0 Å². The van der Waals surface area contributed by atoms with Crippen molar-refractivity contribution in [3.63, 3.8) is 0 Å². The maximum atomic E-state index is 13.1. The maximum absolute atomic E-state index is 13.1. The minimum Gasteiger partial charge on any atom is -0.504 e. The lowest BCUT2D eigenvalue weighted by molar-refractivity contribution is 0.467. The minimum absolute atomic E-state index is 0.00231.